The van der Waals surface area contributed by atoms with Crippen LogP contribution in [0.2, 0.25) is 0 Å². The van der Waals surface area contributed by atoms with E-state index in [-0.39, 0.29) is 49.0 Å². The normalized spacial score (nSPS) is 12.7. The third-order valence-corrected chi connectivity index (χ3v) is 18.8. The van der Waals surface area contributed by atoms with Crippen LogP contribution in [-0.2, 0) is 49.0 Å². The molecule has 6 bridgehead atoms. The topological polar surface area (TPSA) is 106 Å². The first-order valence-corrected chi connectivity index (χ1v) is 33.1. The van der Waals surface area contributed by atoms with Gasteiger partial charge in [0.05, 0.1) is 23.3 Å². The summed E-state index contributed by atoms with van der Waals surface area (Å²) in [6.45, 7) is 40.6. The average molecular weight is 1290 g/mol. The van der Waals surface area contributed by atoms with Crippen molar-refractivity contribution in [2.45, 2.75) is 157 Å². The number of benzene rings is 9. The average Bonchev–Trinajstić information content (AvgIpc) is 1.65. The summed E-state index contributed by atoms with van der Waals surface area (Å²) < 4.78 is 0. The molecular formula is C86H86N8Ni. The molecule has 2 aliphatic rings. The van der Waals surface area contributed by atoms with E-state index in [0.29, 0.717) is 34.6 Å². The molecule has 0 saturated carbocycles. The maximum absolute atomic E-state index is 5.63. The van der Waals surface area contributed by atoms with E-state index in [1.165, 1.54) is 46.0 Å². The van der Waals surface area contributed by atoms with Crippen LogP contribution in [0, 0.1) is 0 Å². The number of fused-ring (bicyclic) bond motifs is 15. The predicted molar refractivity (Wildman–Crippen MR) is 393 cm³/mol. The van der Waals surface area contributed by atoms with Gasteiger partial charge in [0.15, 0.2) is 0 Å². The minimum atomic E-state index is -0.0353. The summed E-state index contributed by atoms with van der Waals surface area (Å²) in [7, 11) is 0. The fourth-order valence-corrected chi connectivity index (χ4v) is 12.8. The van der Waals surface area contributed by atoms with Gasteiger partial charge in [0.1, 0.15) is 0 Å². The van der Waals surface area contributed by atoms with E-state index < -0.39 is 0 Å². The standard InChI is InChI=1S/C86H86N8.Ni/c1-81(2,3)57-31-19-51(20-32-57)63-43-69-71(45-65(63)53-23-35-59(36-24-53)83(7,8)9)77-90-75(69)88-49-87-50-89-76-70-44-64(52-21-33-58(34-22-52)82(4,5)6)66(54-25-37-60(38-26-54)84(10,11)12)46-72(70)78(91-76)93-80-74-48-68(56-29-41-62(42-30-56)86(16,17)18)67(47-73(74)79(92-77)94-80)55-27-39-61(40-28-55)85(13,14)15;/h19-50H,1-18H3;/q-2;+2. The van der Waals surface area contributed by atoms with Crippen molar-refractivity contribution in [3.05, 3.63) is 228 Å². The summed E-state index contributed by atoms with van der Waals surface area (Å²) in [6, 6.07) is 67.4. The van der Waals surface area contributed by atoms with E-state index >= 15 is 0 Å². The fraction of sp³-hybridized carbons (Fsp3) is 0.279. The van der Waals surface area contributed by atoms with Gasteiger partial charge in [-0.2, -0.15) is 0 Å². The van der Waals surface area contributed by atoms with Crippen LogP contribution in [0.3, 0.4) is 0 Å². The van der Waals surface area contributed by atoms with Crippen molar-refractivity contribution in [3.63, 3.8) is 0 Å². The van der Waals surface area contributed by atoms with E-state index in [0.717, 1.165) is 99.8 Å². The van der Waals surface area contributed by atoms with Crippen molar-refractivity contribution in [3.8, 4) is 112 Å². The quantitative estimate of drug-likeness (QED) is 0.152. The Morgan fingerprint density at radius 3 is 0.642 bits per heavy atom. The van der Waals surface area contributed by atoms with Crippen molar-refractivity contribution in [1.82, 2.24) is 39.9 Å². The van der Waals surface area contributed by atoms with E-state index in [9.17, 15) is 0 Å². The molecule has 0 N–H and O–H groups in total. The number of nitrogens with zero attached hydrogens (tertiary/aromatic N) is 8. The molecule has 0 saturated heterocycles. The molecule has 0 aliphatic carbocycles. The van der Waals surface area contributed by atoms with Crippen LogP contribution in [0.4, 0.5) is 0 Å². The molecule has 11 aromatic rings. The van der Waals surface area contributed by atoms with E-state index in [2.05, 4.69) is 307 Å². The monoisotopic (exact) mass is 1290 g/mol. The maximum Gasteiger partial charge on any atom is 2.00 e. The summed E-state index contributed by atoms with van der Waals surface area (Å²) in [5.41, 5.74) is 24.5. The first-order chi connectivity index (χ1) is 44.3. The van der Waals surface area contributed by atoms with E-state index in [1.807, 2.05) is 0 Å². The number of hydrogen-bond donors (Lipinski definition) is 0. The van der Waals surface area contributed by atoms with Crippen molar-refractivity contribution >= 4 is 22.1 Å². The third-order valence-electron chi connectivity index (χ3n) is 18.8. The molecule has 0 fully saturated rings. The zero-order chi connectivity index (χ0) is 66.6. The van der Waals surface area contributed by atoms with Crippen LogP contribution in [0.1, 0.15) is 158 Å². The smallest absolute Gasteiger partial charge is 0.374 e. The largest absolute Gasteiger partial charge is 2.00 e. The molecule has 0 unspecified atom stereocenters. The van der Waals surface area contributed by atoms with E-state index in [1.54, 1.807) is 0 Å². The van der Waals surface area contributed by atoms with Gasteiger partial charge >= 0.3 is 16.5 Å². The fourth-order valence-electron chi connectivity index (χ4n) is 12.8. The Bertz CT molecular complexity index is 4620. The molecular weight excluding hydrogens is 1200 g/mol. The van der Waals surface area contributed by atoms with Gasteiger partial charge in [0.25, 0.3) is 0 Å². The molecule has 2 aromatic heterocycles. The summed E-state index contributed by atoms with van der Waals surface area (Å²) in [5.74, 6) is 1.92. The third kappa shape index (κ3) is 13.1. The zero-order valence-electron chi connectivity index (χ0n) is 58.4. The summed E-state index contributed by atoms with van der Waals surface area (Å²) in [6.07, 6.45) is 3.05. The molecule has 0 spiro atoms. The molecule has 9 heteroatoms. The Hall–Kier alpha value is -9.17. The Labute approximate surface area is 572 Å². The van der Waals surface area contributed by atoms with Gasteiger partial charge in [-0.1, -0.05) is 270 Å². The summed E-state index contributed by atoms with van der Waals surface area (Å²) in [4.78, 5) is 42.3. The van der Waals surface area contributed by atoms with Crippen molar-refractivity contribution in [2.24, 2.45) is 0 Å². The SMILES string of the molecule is CC(C)(C)c1ccc(-c2cc3c(cc2-c2ccc(C(C)(C)C)cc2)-c2nc-3nc[n-]cnc3nc(nc4[n-]c(n2)c2cc(-c5ccc(C(C)(C)C)cc5)c(-c5ccc(C(C)(C)C)cc5)cc42)-c2cc(-c4ccc(C(C)(C)C)cc4)c(-c4ccc(C(C)(C)C)cc4)cc2-3)cc1.[Ni+2]. The molecule has 0 atom stereocenters. The Kier molecular flexibility index (Phi) is 16.8. The van der Waals surface area contributed by atoms with Crippen LogP contribution in [0.5, 0.6) is 0 Å². The molecule has 0 amide bonds. The van der Waals surface area contributed by atoms with Gasteiger partial charge in [-0.3, -0.25) is 0 Å². The zero-order valence-corrected chi connectivity index (χ0v) is 59.4. The molecule has 2 aliphatic heterocycles. The van der Waals surface area contributed by atoms with Crippen LogP contribution < -0.4 is 9.97 Å². The molecule has 8 nitrogen and oxygen atoms in total. The molecule has 480 valence electrons. The number of aromatic nitrogens is 8. The van der Waals surface area contributed by atoms with Crippen LogP contribution in [-0.4, -0.2) is 29.9 Å². The number of rotatable bonds is 6. The second-order valence-electron chi connectivity index (χ2n) is 31.9. The first-order valence-electron chi connectivity index (χ1n) is 33.1. The van der Waals surface area contributed by atoms with Crippen molar-refractivity contribution in [2.75, 3.05) is 0 Å². The Balaban J connectivity index is 0.00000864. The molecule has 13 rings (SSSR count). The molecule has 4 heterocycles. The second kappa shape index (κ2) is 24.2. The number of hydrogen-bond acceptors (Lipinski definition) is 6. The van der Waals surface area contributed by atoms with E-state index in [4.69, 9.17) is 39.9 Å². The maximum atomic E-state index is 5.63. The van der Waals surface area contributed by atoms with Gasteiger partial charge in [0, 0.05) is 33.5 Å². The molecule has 95 heavy (non-hydrogen) atoms. The van der Waals surface area contributed by atoms with Crippen LogP contribution >= 0.6 is 0 Å². The summed E-state index contributed by atoms with van der Waals surface area (Å²) >= 11 is 0. The van der Waals surface area contributed by atoms with Crippen molar-refractivity contribution in [1.29, 1.82) is 0 Å². The van der Waals surface area contributed by atoms with Crippen LogP contribution in [0.15, 0.2) is 195 Å². The summed E-state index contributed by atoms with van der Waals surface area (Å²) in [5, 5.41) is 1.65. The van der Waals surface area contributed by atoms with Gasteiger partial charge in [-0.05, 0) is 192 Å². The van der Waals surface area contributed by atoms with Gasteiger partial charge in [0.2, 0.25) is 0 Å². The van der Waals surface area contributed by atoms with Crippen LogP contribution in [0.25, 0.3) is 134 Å². The molecule has 0 radical (unpaired) electrons. The van der Waals surface area contributed by atoms with Gasteiger partial charge in [-0.25, -0.2) is 9.97 Å². The predicted octanol–water partition coefficient (Wildman–Crippen LogP) is 22.2. The Morgan fingerprint density at radius 2 is 0.432 bits per heavy atom. The minimum absolute atomic E-state index is 0. The van der Waals surface area contributed by atoms with Gasteiger partial charge < -0.3 is 29.9 Å². The van der Waals surface area contributed by atoms with Crippen molar-refractivity contribution < 1.29 is 16.5 Å². The second-order valence-corrected chi connectivity index (χ2v) is 31.9. The molecule has 9 aromatic carbocycles. The minimum Gasteiger partial charge on any atom is -0.374 e. The Morgan fingerprint density at radius 1 is 0.232 bits per heavy atom. The van der Waals surface area contributed by atoms with Gasteiger partial charge in [-0.15, -0.1) is 0 Å². The first kappa shape index (κ1) is 65.9.